The Morgan fingerprint density at radius 1 is 1.39 bits per heavy atom. The highest BCUT2D eigenvalue weighted by Gasteiger charge is 2.19. The highest BCUT2D eigenvalue weighted by atomic mass is 15.2. The van der Waals surface area contributed by atoms with Gasteiger partial charge in [0.15, 0.2) is 0 Å². The molecule has 1 saturated heterocycles. The van der Waals surface area contributed by atoms with Crippen molar-refractivity contribution in [2.75, 3.05) is 19.6 Å². The van der Waals surface area contributed by atoms with E-state index >= 15 is 0 Å². The molecular formula is C14H26N4. The Labute approximate surface area is 110 Å². The molecule has 0 atom stereocenters. The molecule has 4 nitrogen and oxygen atoms in total. The fraction of sp³-hybridized carbons (Fsp3) is 0.786. The van der Waals surface area contributed by atoms with Gasteiger partial charge in [-0.25, -0.2) is 4.98 Å². The Balaban J connectivity index is 1.82. The Bertz CT molecular complexity index is 339. The average molecular weight is 250 g/mol. The van der Waals surface area contributed by atoms with Crippen molar-refractivity contribution in [3.8, 4) is 0 Å². The monoisotopic (exact) mass is 250 g/mol. The molecule has 2 heterocycles. The molecule has 0 saturated carbocycles. The summed E-state index contributed by atoms with van der Waals surface area (Å²) in [6.45, 7) is 7.61. The lowest BCUT2D eigenvalue weighted by molar-refractivity contribution is 0.170. The van der Waals surface area contributed by atoms with E-state index in [-0.39, 0.29) is 0 Å². The zero-order chi connectivity index (χ0) is 12.8. The molecule has 1 aliphatic heterocycles. The van der Waals surface area contributed by atoms with Gasteiger partial charge < -0.3 is 10.3 Å². The van der Waals surface area contributed by atoms with Gasteiger partial charge in [0.25, 0.3) is 0 Å². The van der Waals surface area contributed by atoms with Crippen LogP contribution in [-0.4, -0.2) is 34.1 Å². The van der Waals surface area contributed by atoms with Gasteiger partial charge in [-0.1, -0.05) is 6.92 Å². The second-order valence-corrected chi connectivity index (χ2v) is 5.38. The first-order chi connectivity index (χ1) is 8.83. The number of aryl methyl sites for hydroxylation is 1. The summed E-state index contributed by atoms with van der Waals surface area (Å²) in [6, 6.07) is 0. The van der Waals surface area contributed by atoms with Gasteiger partial charge in [-0.05, 0) is 51.2 Å². The molecule has 4 heteroatoms. The lowest BCUT2D eigenvalue weighted by Crippen LogP contribution is -2.34. The minimum Gasteiger partial charge on any atom is -0.333 e. The van der Waals surface area contributed by atoms with Crippen LogP contribution in [0.25, 0.3) is 0 Å². The molecule has 0 radical (unpaired) electrons. The summed E-state index contributed by atoms with van der Waals surface area (Å²) in [6.07, 6.45) is 8.95. The highest BCUT2D eigenvalue weighted by molar-refractivity contribution is 4.98. The molecule has 2 N–H and O–H groups in total. The van der Waals surface area contributed by atoms with Gasteiger partial charge in [-0.3, -0.25) is 4.90 Å². The summed E-state index contributed by atoms with van der Waals surface area (Å²) in [5.41, 5.74) is 6.99. The van der Waals surface area contributed by atoms with Crippen molar-refractivity contribution >= 4 is 0 Å². The van der Waals surface area contributed by atoms with Crippen molar-refractivity contribution in [2.24, 2.45) is 11.7 Å². The van der Waals surface area contributed by atoms with Crippen molar-refractivity contribution < 1.29 is 0 Å². The maximum Gasteiger partial charge on any atom is 0.0948 e. The van der Waals surface area contributed by atoms with Gasteiger partial charge in [0.05, 0.1) is 12.0 Å². The molecule has 0 spiro atoms. The first kappa shape index (κ1) is 13.6. The Hall–Kier alpha value is -0.870. The van der Waals surface area contributed by atoms with Crippen LogP contribution in [0.2, 0.25) is 0 Å². The van der Waals surface area contributed by atoms with Gasteiger partial charge in [0.1, 0.15) is 0 Å². The molecule has 0 unspecified atom stereocenters. The fourth-order valence-electron chi connectivity index (χ4n) is 2.82. The fourth-order valence-corrected chi connectivity index (χ4v) is 2.82. The van der Waals surface area contributed by atoms with Crippen LogP contribution in [0.3, 0.4) is 0 Å². The summed E-state index contributed by atoms with van der Waals surface area (Å²) in [5, 5.41) is 0. The van der Waals surface area contributed by atoms with Gasteiger partial charge >= 0.3 is 0 Å². The van der Waals surface area contributed by atoms with E-state index in [0.29, 0.717) is 0 Å². The van der Waals surface area contributed by atoms with Crippen LogP contribution in [0.15, 0.2) is 12.5 Å². The van der Waals surface area contributed by atoms with E-state index in [0.717, 1.165) is 25.6 Å². The standard InChI is InChI=1S/C14H26N4/c1-2-7-18-12-16-10-14(18)11-17-8-4-13(3-6-15)5-9-17/h10,12-13H,2-9,11,15H2,1H3. The third-order valence-corrected chi connectivity index (χ3v) is 3.93. The number of aromatic nitrogens is 2. The zero-order valence-corrected chi connectivity index (χ0v) is 11.5. The van der Waals surface area contributed by atoms with Crippen LogP contribution in [0.1, 0.15) is 38.3 Å². The normalized spacial score (nSPS) is 18.3. The number of rotatable bonds is 6. The number of hydrogen-bond donors (Lipinski definition) is 1. The molecule has 1 aromatic rings. The van der Waals surface area contributed by atoms with E-state index < -0.39 is 0 Å². The molecule has 2 rings (SSSR count). The van der Waals surface area contributed by atoms with E-state index in [1.165, 1.54) is 44.5 Å². The van der Waals surface area contributed by atoms with Crippen molar-refractivity contribution in [2.45, 2.75) is 45.7 Å². The van der Waals surface area contributed by atoms with Crippen LogP contribution in [0.4, 0.5) is 0 Å². The topological polar surface area (TPSA) is 47.1 Å². The molecule has 102 valence electrons. The van der Waals surface area contributed by atoms with E-state index in [1.54, 1.807) is 0 Å². The lowest BCUT2D eigenvalue weighted by atomic mass is 9.93. The largest absolute Gasteiger partial charge is 0.333 e. The number of nitrogens with two attached hydrogens (primary N) is 1. The molecule has 1 fully saturated rings. The Morgan fingerprint density at radius 2 is 2.17 bits per heavy atom. The second kappa shape index (κ2) is 6.90. The van der Waals surface area contributed by atoms with Crippen LogP contribution >= 0.6 is 0 Å². The maximum atomic E-state index is 5.63. The van der Waals surface area contributed by atoms with Gasteiger partial charge in [-0.15, -0.1) is 0 Å². The number of hydrogen-bond acceptors (Lipinski definition) is 3. The van der Waals surface area contributed by atoms with Crippen molar-refractivity contribution in [3.63, 3.8) is 0 Å². The third-order valence-electron chi connectivity index (χ3n) is 3.93. The number of imidazole rings is 1. The quantitative estimate of drug-likeness (QED) is 0.838. The molecule has 0 amide bonds. The van der Waals surface area contributed by atoms with E-state index in [1.807, 2.05) is 12.5 Å². The Kier molecular flexibility index (Phi) is 5.20. The second-order valence-electron chi connectivity index (χ2n) is 5.38. The lowest BCUT2D eigenvalue weighted by Gasteiger charge is -2.31. The van der Waals surface area contributed by atoms with Crippen LogP contribution in [0, 0.1) is 5.92 Å². The van der Waals surface area contributed by atoms with Crippen LogP contribution < -0.4 is 5.73 Å². The molecule has 0 aromatic carbocycles. The number of nitrogens with zero attached hydrogens (tertiary/aromatic N) is 3. The smallest absolute Gasteiger partial charge is 0.0948 e. The molecule has 1 aromatic heterocycles. The average Bonchev–Trinajstić information content (AvgIpc) is 2.80. The van der Waals surface area contributed by atoms with Crippen molar-refractivity contribution in [1.82, 2.24) is 14.5 Å². The molecular weight excluding hydrogens is 224 g/mol. The molecule has 18 heavy (non-hydrogen) atoms. The SMILES string of the molecule is CCCn1cncc1CN1CCC(CCN)CC1. The molecule has 0 aliphatic carbocycles. The summed E-state index contributed by atoms with van der Waals surface area (Å²) >= 11 is 0. The molecule has 0 bridgehead atoms. The van der Waals surface area contributed by atoms with Gasteiger partial charge in [0, 0.05) is 19.3 Å². The van der Waals surface area contributed by atoms with Crippen molar-refractivity contribution in [3.05, 3.63) is 18.2 Å². The summed E-state index contributed by atoms with van der Waals surface area (Å²) in [4.78, 5) is 6.82. The predicted octanol–water partition coefficient (Wildman–Crippen LogP) is 1.85. The summed E-state index contributed by atoms with van der Waals surface area (Å²) in [7, 11) is 0. The number of piperidine rings is 1. The van der Waals surface area contributed by atoms with Gasteiger partial charge in [0.2, 0.25) is 0 Å². The summed E-state index contributed by atoms with van der Waals surface area (Å²) in [5.74, 6) is 0.854. The zero-order valence-electron chi connectivity index (χ0n) is 11.5. The van der Waals surface area contributed by atoms with Crippen LogP contribution in [-0.2, 0) is 13.1 Å². The maximum absolute atomic E-state index is 5.63. The first-order valence-electron chi connectivity index (χ1n) is 7.25. The van der Waals surface area contributed by atoms with Gasteiger partial charge in [-0.2, -0.15) is 0 Å². The van der Waals surface area contributed by atoms with E-state index in [4.69, 9.17) is 5.73 Å². The summed E-state index contributed by atoms with van der Waals surface area (Å²) < 4.78 is 2.28. The van der Waals surface area contributed by atoms with E-state index in [9.17, 15) is 0 Å². The molecule has 1 aliphatic rings. The minimum absolute atomic E-state index is 0.841. The third kappa shape index (κ3) is 3.56. The van der Waals surface area contributed by atoms with Crippen LogP contribution in [0.5, 0.6) is 0 Å². The van der Waals surface area contributed by atoms with E-state index in [2.05, 4.69) is 21.4 Å². The highest BCUT2D eigenvalue weighted by Crippen LogP contribution is 2.21. The van der Waals surface area contributed by atoms with Crippen molar-refractivity contribution in [1.29, 1.82) is 0 Å². The number of likely N-dealkylation sites (tertiary alicyclic amines) is 1. The Morgan fingerprint density at radius 3 is 2.83 bits per heavy atom. The first-order valence-corrected chi connectivity index (χ1v) is 7.25. The minimum atomic E-state index is 0.841. The predicted molar refractivity (Wildman–Crippen MR) is 74.2 cm³/mol.